The lowest BCUT2D eigenvalue weighted by Gasteiger charge is -2.52. The molecule has 0 bridgehead atoms. The summed E-state index contributed by atoms with van der Waals surface area (Å²) in [5.41, 5.74) is 1.16. The molecule has 0 unspecified atom stereocenters. The number of rotatable bonds is 2. The summed E-state index contributed by atoms with van der Waals surface area (Å²) >= 11 is 0. The van der Waals surface area contributed by atoms with E-state index in [9.17, 15) is 9.59 Å². The molecule has 0 aromatic heterocycles. The quantitative estimate of drug-likeness (QED) is 0.821. The Hall–Kier alpha value is -2.55. The van der Waals surface area contributed by atoms with Crippen LogP contribution in [0.15, 0.2) is 24.3 Å². The lowest BCUT2D eigenvalue weighted by molar-refractivity contribution is -0.138. The van der Waals surface area contributed by atoms with E-state index in [-0.39, 0.29) is 17.6 Å². The zero-order valence-electron chi connectivity index (χ0n) is 16.4. The number of carbonyl (C=O) groups excluding carboxylic acids is 2. The monoisotopic (exact) mass is 380 g/mol. The first-order valence-electron chi connectivity index (χ1n) is 10.4. The number of nitrogens with zero attached hydrogens (tertiary/aromatic N) is 2. The zero-order valence-corrected chi connectivity index (χ0v) is 16.4. The van der Waals surface area contributed by atoms with Crippen LogP contribution in [-0.4, -0.2) is 35.0 Å². The van der Waals surface area contributed by atoms with Gasteiger partial charge in [0.1, 0.15) is 0 Å². The normalized spacial score (nSPS) is 31.9. The highest BCUT2D eigenvalue weighted by Gasteiger charge is 2.55. The molecule has 1 aromatic carbocycles. The summed E-state index contributed by atoms with van der Waals surface area (Å²) in [7, 11) is 0. The Kier molecular flexibility index (Phi) is 5.01. The summed E-state index contributed by atoms with van der Waals surface area (Å²) in [4.78, 5) is 27.3. The van der Waals surface area contributed by atoms with Gasteiger partial charge in [-0.25, -0.2) is 4.79 Å². The van der Waals surface area contributed by atoms with E-state index in [1.165, 1.54) is 0 Å². The summed E-state index contributed by atoms with van der Waals surface area (Å²) in [6.07, 6.45) is 6.75. The molecular weight excluding hydrogens is 352 g/mol. The number of anilines is 1. The molecular formula is C22H28N4O2. The first-order valence-corrected chi connectivity index (χ1v) is 10.4. The smallest absolute Gasteiger partial charge is 0.319 e. The molecule has 2 N–H and O–H groups in total. The largest absolute Gasteiger partial charge is 0.337 e. The van der Waals surface area contributed by atoms with Crippen molar-refractivity contribution in [3.63, 3.8) is 0 Å². The predicted octanol–water partition coefficient (Wildman–Crippen LogP) is 3.64. The number of amides is 3. The fourth-order valence-corrected chi connectivity index (χ4v) is 5.89. The summed E-state index contributed by atoms with van der Waals surface area (Å²) in [5, 5.41) is 15.0. The van der Waals surface area contributed by atoms with Crippen molar-refractivity contribution in [2.24, 2.45) is 11.8 Å². The molecule has 3 amide bonds. The lowest BCUT2D eigenvalue weighted by Crippen LogP contribution is -2.60. The third-order valence-electron chi connectivity index (χ3n) is 7.15. The second-order valence-electron chi connectivity index (χ2n) is 8.55. The van der Waals surface area contributed by atoms with Crippen LogP contribution in [0.5, 0.6) is 0 Å². The van der Waals surface area contributed by atoms with Crippen LogP contribution in [0.2, 0.25) is 0 Å². The van der Waals surface area contributed by atoms with Gasteiger partial charge >= 0.3 is 6.03 Å². The molecule has 4 atom stereocenters. The maximum absolute atomic E-state index is 12.6. The number of nitriles is 1. The summed E-state index contributed by atoms with van der Waals surface area (Å²) in [6, 6.07) is 8.90. The predicted molar refractivity (Wildman–Crippen MR) is 107 cm³/mol. The first-order chi connectivity index (χ1) is 13.5. The average molecular weight is 380 g/mol. The van der Waals surface area contributed by atoms with Crippen LogP contribution in [-0.2, 0) is 4.79 Å². The Morgan fingerprint density at radius 1 is 1.29 bits per heavy atom. The van der Waals surface area contributed by atoms with Gasteiger partial charge in [0.15, 0.2) is 0 Å². The van der Waals surface area contributed by atoms with Crippen molar-refractivity contribution in [3.8, 4) is 6.07 Å². The van der Waals surface area contributed by atoms with Gasteiger partial charge in [0, 0.05) is 30.2 Å². The van der Waals surface area contributed by atoms with Crippen LogP contribution in [0.25, 0.3) is 0 Å². The molecule has 0 radical (unpaired) electrons. The van der Waals surface area contributed by atoms with E-state index < -0.39 is 0 Å². The maximum Gasteiger partial charge on any atom is 0.319 e. The van der Waals surface area contributed by atoms with Crippen LogP contribution >= 0.6 is 0 Å². The Morgan fingerprint density at radius 3 is 2.96 bits per heavy atom. The molecule has 2 aliphatic heterocycles. The Bertz CT molecular complexity index is 817. The van der Waals surface area contributed by atoms with Crippen molar-refractivity contribution >= 4 is 17.6 Å². The second-order valence-corrected chi connectivity index (χ2v) is 8.55. The molecule has 28 heavy (non-hydrogen) atoms. The van der Waals surface area contributed by atoms with Gasteiger partial charge in [0.25, 0.3) is 0 Å². The minimum Gasteiger partial charge on any atom is -0.337 e. The average Bonchev–Trinajstić information content (AvgIpc) is 3.05. The number of hydrogen-bond acceptors (Lipinski definition) is 3. The van der Waals surface area contributed by atoms with Gasteiger partial charge in [-0.3, -0.25) is 4.79 Å². The highest BCUT2D eigenvalue weighted by Crippen LogP contribution is 2.51. The standard InChI is InChI=1S/C22H28N4O2/c1-15-18-7-3-8-20(27)26-12-4-10-22(18,26)11-9-19(15)25-21(28)24-17-6-2-5-16(13-17)14-23/h2,5-6,13,15,18-19H,3-4,7-12H2,1H3,(H2,24,25,28)/t15-,18+,19+,22-/m1/s1. The van der Waals surface area contributed by atoms with E-state index in [0.717, 1.165) is 45.1 Å². The highest BCUT2D eigenvalue weighted by molar-refractivity contribution is 5.89. The van der Waals surface area contributed by atoms with Crippen LogP contribution in [0, 0.1) is 23.2 Å². The third-order valence-corrected chi connectivity index (χ3v) is 7.15. The van der Waals surface area contributed by atoms with Crippen LogP contribution < -0.4 is 10.6 Å². The molecule has 1 aromatic rings. The molecule has 6 nitrogen and oxygen atoms in total. The fourth-order valence-electron chi connectivity index (χ4n) is 5.89. The van der Waals surface area contributed by atoms with E-state index in [1.54, 1.807) is 24.3 Å². The highest BCUT2D eigenvalue weighted by atomic mass is 16.2. The first kappa shape index (κ1) is 18.8. The third kappa shape index (κ3) is 3.23. The minimum atomic E-state index is -0.226. The summed E-state index contributed by atoms with van der Waals surface area (Å²) in [6.45, 7) is 3.13. The van der Waals surface area contributed by atoms with Gasteiger partial charge in [-0.1, -0.05) is 13.0 Å². The number of hydrogen-bond donors (Lipinski definition) is 2. The number of nitrogens with one attached hydrogen (secondary N) is 2. The number of carbonyl (C=O) groups is 2. The van der Waals surface area contributed by atoms with Crippen molar-refractivity contribution in [3.05, 3.63) is 29.8 Å². The molecule has 1 spiro atoms. The van der Waals surface area contributed by atoms with Crippen molar-refractivity contribution in [1.29, 1.82) is 5.26 Å². The Labute approximate surface area is 166 Å². The van der Waals surface area contributed by atoms with E-state index in [2.05, 4.69) is 28.5 Å². The van der Waals surface area contributed by atoms with Gasteiger partial charge in [-0.15, -0.1) is 0 Å². The van der Waals surface area contributed by atoms with Crippen LogP contribution in [0.3, 0.4) is 0 Å². The minimum absolute atomic E-state index is 0.0166. The Morgan fingerprint density at radius 2 is 2.14 bits per heavy atom. The van der Waals surface area contributed by atoms with Gasteiger partial charge in [-0.2, -0.15) is 5.26 Å². The van der Waals surface area contributed by atoms with Gasteiger partial charge in [0.2, 0.25) is 5.91 Å². The van der Waals surface area contributed by atoms with Gasteiger partial charge < -0.3 is 15.5 Å². The van der Waals surface area contributed by atoms with Crippen LogP contribution in [0.4, 0.5) is 10.5 Å². The molecule has 1 aliphatic carbocycles. The molecule has 2 heterocycles. The van der Waals surface area contributed by atoms with Gasteiger partial charge in [0.05, 0.1) is 11.6 Å². The van der Waals surface area contributed by atoms with Crippen LogP contribution in [0.1, 0.15) is 57.4 Å². The molecule has 3 fully saturated rings. The lowest BCUT2D eigenvalue weighted by atomic mass is 9.63. The molecule has 3 aliphatic rings. The fraction of sp³-hybridized carbons (Fsp3) is 0.591. The molecule has 1 saturated carbocycles. The van der Waals surface area contributed by atoms with Crippen molar-refractivity contribution in [2.45, 2.75) is 63.5 Å². The van der Waals surface area contributed by atoms with Crippen molar-refractivity contribution in [1.82, 2.24) is 10.2 Å². The molecule has 4 rings (SSSR count). The Balaban J connectivity index is 1.45. The van der Waals surface area contributed by atoms with Crippen molar-refractivity contribution < 1.29 is 9.59 Å². The summed E-state index contributed by atoms with van der Waals surface area (Å²) in [5.74, 6) is 1.10. The van der Waals surface area contributed by atoms with E-state index >= 15 is 0 Å². The van der Waals surface area contributed by atoms with E-state index in [0.29, 0.717) is 35.4 Å². The second kappa shape index (κ2) is 7.46. The molecule has 148 valence electrons. The number of benzene rings is 1. The van der Waals surface area contributed by atoms with E-state index in [1.807, 2.05) is 0 Å². The van der Waals surface area contributed by atoms with E-state index in [4.69, 9.17) is 5.26 Å². The summed E-state index contributed by atoms with van der Waals surface area (Å²) < 4.78 is 0. The van der Waals surface area contributed by atoms with Crippen molar-refractivity contribution in [2.75, 3.05) is 11.9 Å². The molecule has 2 saturated heterocycles. The zero-order chi connectivity index (χ0) is 19.7. The number of urea groups is 1. The maximum atomic E-state index is 12.6. The SMILES string of the molecule is C[C@H]1[C@@H](NC(=O)Nc2cccc(C#N)c2)CC[C@@]23CCCN2C(=O)CCC[C@@H]13. The topological polar surface area (TPSA) is 85.2 Å². The van der Waals surface area contributed by atoms with Gasteiger partial charge in [-0.05, 0) is 68.6 Å². The molecule has 6 heteroatoms.